The summed E-state index contributed by atoms with van der Waals surface area (Å²) in [6.07, 6.45) is 1.60. The van der Waals surface area contributed by atoms with Gasteiger partial charge >= 0.3 is 0 Å². The van der Waals surface area contributed by atoms with Crippen molar-refractivity contribution < 1.29 is 9.32 Å². The van der Waals surface area contributed by atoms with Crippen LogP contribution in [0.25, 0.3) is 21.6 Å². The maximum atomic E-state index is 12.6. The molecule has 154 valence electrons. The second-order valence-electron chi connectivity index (χ2n) is 7.07. The summed E-state index contributed by atoms with van der Waals surface area (Å²) in [7, 11) is 1.82. The number of thiazole rings is 1. The van der Waals surface area contributed by atoms with Gasteiger partial charge in [0.05, 0.1) is 16.3 Å². The van der Waals surface area contributed by atoms with E-state index >= 15 is 0 Å². The smallest absolute Gasteiger partial charge is 0.226 e. The topological polar surface area (TPSA) is 72.1 Å². The Morgan fingerprint density at radius 3 is 2.70 bits per heavy atom. The maximum absolute atomic E-state index is 12.6. The Hall–Kier alpha value is -2.77. The number of benzene rings is 2. The highest BCUT2D eigenvalue weighted by Gasteiger charge is 2.20. The molecule has 0 spiro atoms. The van der Waals surface area contributed by atoms with E-state index in [1.807, 2.05) is 50.4 Å². The van der Waals surface area contributed by atoms with Crippen LogP contribution in [0, 0.1) is 0 Å². The fourth-order valence-electron chi connectivity index (χ4n) is 3.09. The first-order valence-corrected chi connectivity index (χ1v) is 10.9. The van der Waals surface area contributed by atoms with Crippen LogP contribution in [0.15, 0.2) is 53.1 Å². The third-order valence-electron chi connectivity index (χ3n) is 4.99. The minimum Gasteiger partial charge on any atom is -0.339 e. The Kier molecular flexibility index (Phi) is 6.11. The van der Waals surface area contributed by atoms with Gasteiger partial charge in [0.15, 0.2) is 0 Å². The zero-order valence-corrected chi connectivity index (χ0v) is 18.3. The minimum absolute atomic E-state index is 0.0687. The highest BCUT2D eigenvalue weighted by molar-refractivity contribution is 7.18. The van der Waals surface area contributed by atoms with E-state index in [4.69, 9.17) is 16.1 Å². The SMILES string of the molecule is CC(c1nc2ccccc2s1)N(C)C(=O)CCCc1nc(-c2ccc(Cl)cc2)no1. The summed E-state index contributed by atoms with van der Waals surface area (Å²) in [6.45, 7) is 2.01. The number of carbonyl (C=O) groups excluding carboxylic acids is 1. The van der Waals surface area contributed by atoms with Crippen LogP contribution < -0.4 is 0 Å². The lowest BCUT2D eigenvalue weighted by Gasteiger charge is -2.23. The van der Waals surface area contributed by atoms with Crippen molar-refractivity contribution in [2.45, 2.75) is 32.2 Å². The first kappa shape index (κ1) is 20.5. The number of aryl methyl sites for hydroxylation is 1. The quantitative estimate of drug-likeness (QED) is 0.377. The predicted octanol–water partition coefficient (Wildman–Crippen LogP) is 5.54. The normalized spacial score (nSPS) is 12.2. The number of rotatable bonds is 7. The number of aromatic nitrogens is 3. The molecule has 0 aliphatic carbocycles. The Balaban J connectivity index is 1.31. The van der Waals surface area contributed by atoms with Crippen LogP contribution >= 0.6 is 22.9 Å². The molecule has 0 saturated carbocycles. The van der Waals surface area contributed by atoms with Gasteiger partial charge in [-0.15, -0.1) is 11.3 Å². The second-order valence-corrected chi connectivity index (χ2v) is 8.57. The van der Waals surface area contributed by atoms with Crippen LogP contribution in [0.2, 0.25) is 5.02 Å². The molecule has 0 bridgehead atoms. The van der Waals surface area contributed by atoms with E-state index in [0.717, 1.165) is 20.8 Å². The molecule has 30 heavy (non-hydrogen) atoms. The van der Waals surface area contributed by atoms with Crippen molar-refractivity contribution in [3.63, 3.8) is 0 Å². The maximum Gasteiger partial charge on any atom is 0.226 e. The van der Waals surface area contributed by atoms with E-state index in [1.165, 1.54) is 0 Å². The molecular formula is C22H21ClN4O2S. The molecule has 0 N–H and O–H groups in total. The van der Waals surface area contributed by atoms with Crippen molar-refractivity contribution in [2.75, 3.05) is 7.05 Å². The van der Waals surface area contributed by atoms with E-state index in [1.54, 1.807) is 28.4 Å². The molecule has 0 radical (unpaired) electrons. The van der Waals surface area contributed by atoms with E-state index in [9.17, 15) is 4.79 Å². The fourth-order valence-corrected chi connectivity index (χ4v) is 4.28. The van der Waals surface area contributed by atoms with Gasteiger partial charge in [0, 0.05) is 30.5 Å². The number of amides is 1. The van der Waals surface area contributed by atoms with Gasteiger partial charge in [0.1, 0.15) is 5.01 Å². The molecule has 0 aliphatic heterocycles. The highest BCUT2D eigenvalue weighted by atomic mass is 35.5. The first-order chi connectivity index (χ1) is 14.5. The second kappa shape index (κ2) is 8.93. The van der Waals surface area contributed by atoms with Crippen molar-refractivity contribution in [3.05, 3.63) is 64.5 Å². The van der Waals surface area contributed by atoms with Gasteiger partial charge < -0.3 is 9.42 Å². The van der Waals surface area contributed by atoms with Crippen molar-refractivity contribution in [3.8, 4) is 11.4 Å². The van der Waals surface area contributed by atoms with Gasteiger partial charge in [-0.3, -0.25) is 4.79 Å². The highest BCUT2D eigenvalue weighted by Crippen LogP contribution is 2.29. The number of halogens is 1. The van der Waals surface area contributed by atoms with Gasteiger partial charge in [0.2, 0.25) is 17.6 Å². The van der Waals surface area contributed by atoms with Gasteiger partial charge in [-0.1, -0.05) is 28.9 Å². The van der Waals surface area contributed by atoms with Crippen molar-refractivity contribution in [1.82, 2.24) is 20.0 Å². The zero-order chi connectivity index (χ0) is 21.1. The molecule has 2 aromatic carbocycles. The fraction of sp³-hybridized carbons (Fsp3) is 0.273. The number of nitrogens with zero attached hydrogens (tertiary/aromatic N) is 4. The Morgan fingerprint density at radius 1 is 1.17 bits per heavy atom. The van der Waals surface area contributed by atoms with Crippen LogP contribution in [0.4, 0.5) is 0 Å². The molecule has 2 aromatic heterocycles. The molecule has 1 unspecified atom stereocenters. The van der Waals surface area contributed by atoms with E-state index in [0.29, 0.717) is 36.0 Å². The molecule has 0 fully saturated rings. The Morgan fingerprint density at radius 2 is 1.93 bits per heavy atom. The zero-order valence-electron chi connectivity index (χ0n) is 16.7. The standard InChI is InChI=1S/C22H21ClN4O2S/c1-14(22-24-17-6-3-4-7-18(17)30-22)27(2)20(28)9-5-8-19-25-21(26-29-19)15-10-12-16(23)13-11-15/h3-4,6-7,10-14H,5,8-9H2,1-2H3. The number of fused-ring (bicyclic) bond motifs is 1. The van der Waals surface area contributed by atoms with Gasteiger partial charge in [0.25, 0.3) is 0 Å². The lowest BCUT2D eigenvalue weighted by atomic mass is 10.2. The average molecular weight is 441 g/mol. The molecule has 2 heterocycles. The van der Waals surface area contributed by atoms with E-state index in [2.05, 4.69) is 15.1 Å². The molecule has 0 saturated heterocycles. The molecule has 4 rings (SSSR count). The summed E-state index contributed by atoms with van der Waals surface area (Å²) >= 11 is 7.53. The lowest BCUT2D eigenvalue weighted by Crippen LogP contribution is -2.29. The molecule has 1 amide bonds. The minimum atomic E-state index is -0.0742. The van der Waals surface area contributed by atoms with E-state index in [-0.39, 0.29) is 11.9 Å². The first-order valence-electron chi connectivity index (χ1n) is 9.71. The molecular weight excluding hydrogens is 420 g/mol. The largest absolute Gasteiger partial charge is 0.339 e. The van der Waals surface area contributed by atoms with Crippen LogP contribution in [0.1, 0.15) is 36.7 Å². The summed E-state index contributed by atoms with van der Waals surface area (Å²) in [5.74, 6) is 1.11. The third kappa shape index (κ3) is 4.52. The van der Waals surface area contributed by atoms with Crippen LogP contribution in [-0.4, -0.2) is 33.0 Å². The van der Waals surface area contributed by atoms with Gasteiger partial charge in [-0.2, -0.15) is 4.98 Å². The average Bonchev–Trinajstić information content (AvgIpc) is 3.40. The summed E-state index contributed by atoms with van der Waals surface area (Å²) in [6, 6.07) is 15.2. The number of hydrogen-bond acceptors (Lipinski definition) is 6. The molecule has 6 nitrogen and oxygen atoms in total. The summed E-state index contributed by atoms with van der Waals surface area (Å²) in [4.78, 5) is 23.5. The Labute approximate surface area is 183 Å². The van der Waals surface area contributed by atoms with Crippen LogP contribution in [-0.2, 0) is 11.2 Å². The summed E-state index contributed by atoms with van der Waals surface area (Å²) < 4.78 is 6.45. The van der Waals surface area contributed by atoms with Gasteiger partial charge in [-0.05, 0) is 49.7 Å². The predicted molar refractivity (Wildman–Crippen MR) is 118 cm³/mol. The molecule has 0 aliphatic rings. The van der Waals surface area contributed by atoms with Crippen LogP contribution in [0.5, 0.6) is 0 Å². The van der Waals surface area contributed by atoms with Crippen molar-refractivity contribution in [1.29, 1.82) is 0 Å². The van der Waals surface area contributed by atoms with Crippen molar-refractivity contribution in [2.24, 2.45) is 0 Å². The van der Waals surface area contributed by atoms with Gasteiger partial charge in [-0.25, -0.2) is 4.98 Å². The summed E-state index contributed by atoms with van der Waals surface area (Å²) in [5, 5.41) is 5.61. The number of carbonyl (C=O) groups is 1. The van der Waals surface area contributed by atoms with Crippen molar-refractivity contribution >= 4 is 39.1 Å². The number of para-hydroxylation sites is 1. The molecule has 1 atom stereocenters. The Bertz CT molecular complexity index is 1120. The number of hydrogen-bond donors (Lipinski definition) is 0. The summed E-state index contributed by atoms with van der Waals surface area (Å²) in [5.41, 5.74) is 1.81. The van der Waals surface area contributed by atoms with E-state index < -0.39 is 0 Å². The molecule has 4 aromatic rings. The third-order valence-corrected chi connectivity index (χ3v) is 6.45. The monoisotopic (exact) mass is 440 g/mol. The van der Waals surface area contributed by atoms with Crippen LogP contribution in [0.3, 0.4) is 0 Å². The lowest BCUT2D eigenvalue weighted by molar-refractivity contribution is -0.131. The molecule has 8 heteroatoms.